The van der Waals surface area contributed by atoms with Crippen molar-refractivity contribution in [1.82, 2.24) is 10.2 Å². The van der Waals surface area contributed by atoms with Crippen molar-refractivity contribution in [2.45, 2.75) is 38.1 Å². The lowest BCUT2D eigenvalue weighted by Gasteiger charge is -2.29. The maximum Gasteiger partial charge on any atom is 0.317 e. The van der Waals surface area contributed by atoms with Gasteiger partial charge in [-0.1, -0.05) is 42.5 Å². The van der Waals surface area contributed by atoms with Gasteiger partial charge in [0.2, 0.25) is 0 Å². The van der Waals surface area contributed by atoms with E-state index < -0.39 is 5.97 Å². The molecular formula is C21H26N2O3. The maximum atomic E-state index is 12.4. The molecule has 0 bridgehead atoms. The van der Waals surface area contributed by atoms with E-state index in [1.807, 2.05) is 19.2 Å². The normalized spacial score (nSPS) is 19.9. The molecule has 2 aromatic carbocycles. The van der Waals surface area contributed by atoms with Crippen LogP contribution in [0.2, 0.25) is 0 Å². The zero-order valence-electron chi connectivity index (χ0n) is 15.1. The number of hydrogen-bond donors (Lipinski definition) is 2. The number of fused-ring (bicyclic) bond motifs is 1. The van der Waals surface area contributed by atoms with Crippen molar-refractivity contribution in [2.24, 2.45) is 5.92 Å². The lowest BCUT2D eigenvalue weighted by Crippen LogP contribution is -2.45. The van der Waals surface area contributed by atoms with Crippen LogP contribution in [0.5, 0.6) is 0 Å². The molecule has 2 N–H and O–H groups in total. The summed E-state index contributed by atoms with van der Waals surface area (Å²) in [5.74, 6) is -0.978. The van der Waals surface area contributed by atoms with Crippen molar-refractivity contribution >= 4 is 22.8 Å². The number of amides is 2. The monoisotopic (exact) mass is 354 g/mol. The zero-order chi connectivity index (χ0) is 18.5. The van der Waals surface area contributed by atoms with E-state index in [0.717, 1.165) is 19.3 Å². The number of nitrogens with zero attached hydrogens (tertiary/aromatic N) is 1. The molecule has 0 spiro atoms. The molecule has 1 fully saturated rings. The summed E-state index contributed by atoms with van der Waals surface area (Å²) in [6.07, 6.45) is 3.55. The van der Waals surface area contributed by atoms with Crippen molar-refractivity contribution in [3.05, 3.63) is 48.0 Å². The van der Waals surface area contributed by atoms with Crippen LogP contribution in [0.3, 0.4) is 0 Å². The van der Waals surface area contributed by atoms with Gasteiger partial charge in [0.25, 0.3) is 0 Å². The van der Waals surface area contributed by atoms with Crippen LogP contribution in [0.4, 0.5) is 4.79 Å². The van der Waals surface area contributed by atoms with Gasteiger partial charge in [0.1, 0.15) is 0 Å². The van der Waals surface area contributed by atoms with Crippen LogP contribution >= 0.6 is 0 Å². The molecule has 0 aromatic heterocycles. The Kier molecular flexibility index (Phi) is 5.76. The minimum atomic E-state index is -0.720. The van der Waals surface area contributed by atoms with Crippen molar-refractivity contribution < 1.29 is 14.7 Å². The smallest absolute Gasteiger partial charge is 0.317 e. The number of carbonyl (C=O) groups excluding carboxylic acids is 1. The van der Waals surface area contributed by atoms with E-state index in [1.165, 1.54) is 16.3 Å². The third kappa shape index (κ3) is 4.34. The molecule has 2 aromatic rings. The molecule has 1 saturated carbocycles. The summed E-state index contributed by atoms with van der Waals surface area (Å²) in [6, 6.07) is 14.6. The topological polar surface area (TPSA) is 69.6 Å². The molecular weight excluding hydrogens is 328 g/mol. The summed E-state index contributed by atoms with van der Waals surface area (Å²) in [6.45, 7) is 0.643. The molecule has 3 rings (SSSR count). The van der Waals surface area contributed by atoms with Gasteiger partial charge in [0, 0.05) is 19.6 Å². The van der Waals surface area contributed by atoms with Crippen LogP contribution in [0.25, 0.3) is 10.8 Å². The van der Waals surface area contributed by atoms with E-state index >= 15 is 0 Å². The van der Waals surface area contributed by atoms with Crippen LogP contribution in [0.15, 0.2) is 42.5 Å². The molecule has 5 heteroatoms. The molecule has 0 unspecified atom stereocenters. The van der Waals surface area contributed by atoms with E-state index in [9.17, 15) is 9.59 Å². The van der Waals surface area contributed by atoms with Crippen LogP contribution in [-0.2, 0) is 11.2 Å². The molecule has 5 nitrogen and oxygen atoms in total. The van der Waals surface area contributed by atoms with Crippen molar-refractivity contribution in [3.63, 3.8) is 0 Å². The molecule has 0 aliphatic heterocycles. The summed E-state index contributed by atoms with van der Waals surface area (Å²) in [4.78, 5) is 25.1. The van der Waals surface area contributed by atoms with Gasteiger partial charge in [-0.2, -0.15) is 0 Å². The highest BCUT2D eigenvalue weighted by Gasteiger charge is 2.27. The lowest BCUT2D eigenvalue weighted by molar-refractivity contribution is -0.142. The number of likely N-dealkylation sites (N-methyl/N-ethyl adjacent to an activating group) is 1. The Labute approximate surface area is 154 Å². The number of nitrogens with one attached hydrogen (secondary N) is 1. The molecule has 1 aliphatic rings. The quantitative estimate of drug-likeness (QED) is 0.861. The number of aliphatic carboxylic acids is 1. The first-order chi connectivity index (χ1) is 12.5. The van der Waals surface area contributed by atoms with Gasteiger partial charge in [0.15, 0.2) is 0 Å². The van der Waals surface area contributed by atoms with Crippen molar-refractivity contribution in [2.75, 3.05) is 13.6 Å². The molecule has 2 amide bonds. The zero-order valence-corrected chi connectivity index (χ0v) is 15.1. The third-order valence-electron chi connectivity index (χ3n) is 5.35. The summed E-state index contributed by atoms with van der Waals surface area (Å²) in [7, 11) is 1.81. The van der Waals surface area contributed by atoms with E-state index in [1.54, 1.807) is 4.90 Å². The fourth-order valence-corrected chi connectivity index (χ4v) is 3.67. The molecule has 0 saturated heterocycles. The van der Waals surface area contributed by atoms with Crippen LogP contribution in [-0.4, -0.2) is 41.6 Å². The molecule has 26 heavy (non-hydrogen) atoms. The van der Waals surface area contributed by atoms with Crippen LogP contribution in [0, 0.1) is 5.92 Å². The molecule has 0 heterocycles. The molecule has 138 valence electrons. The number of carboxylic acid groups (broad SMARTS) is 1. The van der Waals surface area contributed by atoms with Gasteiger partial charge < -0.3 is 15.3 Å². The van der Waals surface area contributed by atoms with Crippen LogP contribution in [0.1, 0.15) is 31.2 Å². The second kappa shape index (κ2) is 8.21. The van der Waals surface area contributed by atoms with Gasteiger partial charge in [-0.05, 0) is 48.4 Å². The average Bonchev–Trinajstić information content (AvgIpc) is 2.66. The SMILES string of the molecule is CN(CCc1cccc2ccccc12)C(=O)NC1CCC(C(=O)O)CC1. The van der Waals surface area contributed by atoms with Crippen LogP contribution < -0.4 is 5.32 Å². The standard InChI is InChI=1S/C21H26N2O3/c1-23(21(26)22-18-11-9-17(10-12-18)20(24)25)14-13-16-7-4-6-15-5-2-3-8-19(15)16/h2-8,17-18H,9-14H2,1H3,(H,22,26)(H,24,25). The Morgan fingerprint density at radius 3 is 2.50 bits per heavy atom. The second-order valence-corrected chi connectivity index (χ2v) is 7.15. The Bertz CT molecular complexity index is 776. The first kappa shape index (κ1) is 18.2. The van der Waals surface area contributed by atoms with Gasteiger partial charge in [-0.25, -0.2) is 4.79 Å². The van der Waals surface area contributed by atoms with E-state index in [0.29, 0.717) is 19.4 Å². The van der Waals surface area contributed by atoms with Gasteiger partial charge in [0.05, 0.1) is 5.92 Å². The second-order valence-electron chi connectivity index (χ2n) is 7.15. The Morgan fingerprint density at radius 1 is 1.08 bits per heavy atom. The lowest BCUT2D eigenvalue weighted by atomic mass is 9.86. The molecule has 0 radical (unpaired) electrons. The minimum Gasteiger partial charge on any atom is -0.481 e. The van der Waals surface area contributed by atoms with Crippen molar-refractivity contribution in [1.29, 1.82) is 0 Å². The van der Waals surface area contributed by atoms with Gasteiger partial charge in [-0.15, -0.1) is 0 Å². The number of hydrogen-bond acceptors (Lipinski definition) is 2. The van der Waals surface area contributed by atoms with Gasteiger partial charge >= 0.3 is 12.0 Å². The molecule has 0 atom stereocenters. The largest absolute Gasteiger partial charge is 0.481 e. The highest BCUT2D eigenvalue weighted by atomic mass is 16.4. The fourth-order valence-electron chi connectivity index (χ4n) is 3.67. The minimum absolute atomic E-state index is 0.0796. The summed E-state index contributed by atoms with van der Waals surface area (Å²) in [5, 5.41) is 14.5. The van der Waals surface area contributed by atoms with E-state index in [-0.39, 0.29) is 18.0 Å². The summed E-state index contributed by atoms with van der Waals surface area (Å²) >= 11 is 0. The number of carboxylic acids is 1. The van der Waals surface area contributed by atoms with Gasteiger partial charge in [-0.3, -0.25) is 4.79 Å². The highest BCUT2D eigenvalue weighted by molar-refractivity contribution is 5.85. The first-order valence-corrected chi connectivity index (χ1v) is 9.25. The highest BCUT2D eigenvalue weighted by Crippen LogP contribution is 2.24. The Balaban J connectivity index is 1.51. The summed E-state index contributed by atoms with van der Waals surface area (Å²) < 4.78 is 0. The average molecular weight is 354 g/mol. The predicted molar refractivity (Wildman–Crippen MR) is 102 cm³/mol. The summed E-state index contributed by atoms with van der Waals surface area (Å²) in [5.41, 5.74) is 1.24. The Hall–Kier alpha value is -2.56. The number of rotatable bonds is 5. The van der Waals surface area contributed by atoms with E-state index in [4.69, 9.17) is 5.11 Å². The number of benzene rings is 2. The Morgan fingerprint density at radius 2 is 1.77 bits per heavy atom. The predicted octanol–water partition coefficient (Wildman–Crippen LogP) is 3.67. The van der Waals surface area contributed by atoms with E-state index in [2.05, 4.69) is 35.6 Å². The third-order valence-corrected chi connectivity index (χ3v) is 5.35. The number of carbonyl (C=O) groups is 2. The maximum absolute atomic E-state index is 12.4. The van der Waals surface area contributed by atoms with Crippen molar-refractivity contribution in [3.8, 4) is 0 Å². The fraction of sp³-hybridized carbons (Fsp3) is 0.429. The number of urea groups is 1. The first-order valence-electron chi connectivity index (χ1n) is 9.25. The molecule has 1 aliphatic carbocycles.